The van der Waals surface area contributed by atoms with E-state index in [9.17, 15) is 8.42 Å². The van der Waals surface area contributed by atoms with Gasteiger partial charge in [-0.2, -0.15) is 0 Å². The molecule has 3 nitrogen and oxygen atoms in total. The van der Waals surface area contributed by atoms with Crippen molar-refractivity contribution in [2.75, 3.05) is 5.75 Å². The summed E-state index contributed by atoms with van der Waals surface area (Å²) in [6, 6.07) is 5.40. The Morgan fingerprint density at radius 1 is 1.38 bits per heavy atom. The van der Waals surface area contributed by atoms with E-state index in [1.807, 2.05) is 6.07 Å². The zero-order chi connectivity index (χ0) is 11.8. The van der Waals surface area contributed by atoms with E-state index in [1.54, 1.807) is 25.3 Å². The second-order valence-electron chi connectivity index (χ2n) is 3.68. The van der Waals surface area contributed by atoms with Crippen molar-refractivity contribution in [3.8, 4) is 0 Å². The molecule has 5 heteroatoms. The number of aromatic amines is 1. The molecule has 0 fully saturated rings. The standard InChI is InChI=1S/C11H12ClNO2S/c1-2-16(14,15)7-8-6-13-11-5-9(12)3-4-10(8)11/h3-6,13H,2,7H2,1H3. The molecule has 86 valence electrons. The van der Waals surface area contributed by atoms with Gasteiger partial charge in [0.25, 0.3) is 0 Å². The molecule has 1 aromatic heterocycles. The molecule has 1 aromatic carbocycles. The summed E-state index contributed by atoms with van der Waals surface area (Å²) < 4.78 is 23.1. The molecule has 0 spiro atoms. The average Bonchev–Trinajstić information content (AvgIpc) is 2.60. The normalized spacial score (nSPS) is 12.1. The van der Waals surface area contributed by atoms with Gasteiger partial charge in [-0.1, -0.05) is 24.6 Å². The molecule has 0 aliphatic carbocycles. The third-order valence-corrected chi connectivity index (χ3v) is 4.41. The minimum atomic E-state index is -3.00. The molecule has 0 aliphatic heterocycles. The number of aromatic nitrogens is 1. The van der Waals surface area contributed by atoms with Crippen LogP contribution in [0.3, 0.4) is 0 Å². The number of rotatable bonds is 3. The molecule has 1 heterocycles. The molecule has 0 bridgehead atoms. The maximum atomic E-state index is 11.5. The number of H-pyrrole nitrogens is 1. The first-order chi connectivity index (χ1) is 7.52. The lowest BCUT2D eigenvalue weighted by molar-refractivity contribution is 0.596. The predicted molar refractivity (Wildman–Crippen MR) is 66.5 cm³/mol. The number of sulfone groups is 1. The fourth-order valence-corrected chi connectivity index (χ4v) is 2.71. The first-order valence-electron chi connectivity index (χ1n) is 4.98. The predicted octanol–water partition coefficient (Wildman–Crippen LogP) is 2.76. The first-order valence-corrected chi connectivity index (χ1v) is 7.18. The van der Waals surface area contributed by atoms with Crippen molar-refractivity contribution >= 4 is 32.3 Å². The van der Waals surface area contributed by atoms with Crippen molar-refractivity contribution in [3.63, 3.8) is 0 Å². The molecule has 0 radical (unpaired) electrons. The molecule has 1 N–H and O–H groups in total. The average molecular weight is 258 g/mol. The Kier molecular flexibility index (Phi) is 2.95. The van der Waals surface area contributed by atoms with Crippen LogP contribution in [0.1, 0.15) is 12.5 Å². The monoisotopic (exact) mass is 257 g/mol. The lowest BCUT2D eigenvalue weighted by Gasteiger charge is -1.99. The summed E-state index contributed by atoms with van der Waals surface area (Å²) in [6.07, 6.45) is 1.73. The highest BCUT2D eigenvalue weighted by molar-refractivity contribution is 7.90. The third-order valence-electron chi connectivity index (χ3n) is 2.54. The van der Waals surface area contributed by atoms with Gasteiger partial charge in [-0.25, -0.2) is 8.42 Å². The van der Waals surface area contributed by atoms with Crippen LogP contribution >= 0.6 is 11.6 Å². The van der Waals surface area contributed by atoms with Crippen molar-refractivity contribution in [1.82, 2.24) is 4.98 Å². The third kappa shape index (κ3) is 2.23. The van der Waals surface area contributed by atoms with Crippen LogP contribution in [0.5, 0.6) is 0 Å². The van der Waals surface area contributed by atoms with E-state index in [0.717, 1.165) is 16.5 Å². The van der Waals surface area contributed by atoms with Gasteiger partial charge in [-0.15, -0.1) is 0 Å². The Hall–Kier alpha value is -1.00. The van der Waals surface area contributed by atoms with Crippen LogP contribution in [0.25, 0.3) is 10.9 Å². The number of hydrogen-bond donors (Lipinski definition) is 1. The smallest absolute Gasteiger partial charge is 0.154 e. The van der Waals surface area contributed by atoms with E-state index < -0.39 is 9.84 Å². The molecule has 0 unspecified atom stereocenters. The maximum Gasteiger partial charge on any atom is 0.154 e. The van der Waals surface area contributed by atoms with Gasteiger partial charge in [0.05, 0.1) is 5.75 Å². The molecule has 16 heavy (non-hydrogen) atoms. The van der Waals surface area contributed by atoms with Gasteiger partial charge in [0.15, 0.2) is 9.84 Å². The molecule has 0 saturated carbocycles. The van der Waals surface area contributed by atoms with Gasteiger partial charge in [0.2, 0.25) is 0 Å². The van der Waals surface area contributed by atoms with Crippen LogP contribution in [-0.2, 0) is 15.6 Å². The Bertz CT molecular complexity index is 616. The summed E-state index contributed by atoms with van der Waals surface area (Å²) in [4.78, 5) is 3.03. The van der Waals surface area contributed by atoms with Gasteiger partial charge >= 0.3 is 0 Å². The fourth-order valence-electron chi connectivity index (χ4n) is 1.62. The number of hydrogen-bond acceptors (Lipinski definition) is 2. The molecule has 2 rings (SSSR count). The lowest BCUT2D eigenvalue weighted by atomic mass is 10.2. The lowest BCUT2D eigenvalue weighted by Crippen LogP contribution is -2.05. The quantitative estimate of drug-likeness (QED) is 0.919. The Labute approximate surface area is 99.3 Å². The Morgan fingerprint density at radius 2 is 2.12 bits per heavy atom. The molecular formula is C11H12ClNO2S. The van der Waals surface area contributed by atoms with Gasteiger partial charge in [-0.3, -0.25) is 0 Å². The first kappa shape index (κ1) is 11.5. The zero-order valence-electron chi connectivity index (χ0n) is 8.83. The van der Waals surface area contributed by atoms with Crippen LogP contribution in [0.2, 0.25) is 5.02 Å². The van der Waals surface area contributed by atoms with E-state index in [4.69, 9.17) is 11.6 Å². The topological polar surface area (TPSA) is 49.9 Å². The molecule has 0 amide bonds. The molecule has 0 saturated heterocycles. The minimum Gasteiger partial charge on any atom is -0.361 e. The highest BCUT2D eigenvalue weighted by atomic mass is 35.5. The van der Waals surface area contributed by atoms with Crippen molar-refractivity contribution in [2.45, 2.75) is 12.7 Å². The molecular weight excluding hydrogens is 246 g/mol. The van der Waals surface area contributed by atoms with Crippen molar-refractivity contribution < 1.29 is 8.42 Å². The number of halogens is 1. The summed E-state index contributed by atoms with van der Waals surface area (Å²) in [7, 11) is -3.00. The second-order valence-corrected chi connectivity index (χ2v) is 6.47. The van der Waals surface area contributed by atoms with E-state index in [1.165, 1.54) is 0 Å². The van der Waals surface area contributed by atoms with Crippen LogP contribution < -0.4 is 0 Å². The van der Waals surface area contributed by atoms with E-state index in [0.29, 0.717) is 5.02 Å². The Balaban J connectivity index is 2.47. The summed E-state index contributed by atoms with van der Waals surface area (Å²) in [5.74, 6) is 0.235. The number of nitrogens with one attached hydrogen (secondary N) is 1. The van der Waals surface area contributed by atoms with Crippen molar-refractivity contribution in [1.29, 1.82) is 0 Å². The van der Waals surface area contributed by atoms with Crippen LogP contribution in [-0.4, -0.2) is 19.2 Å². The minimum absolute atomic E-state index is 0.0745. The number of fused-ring (bicyclic) bond motifs is 1. The van der Waals surface area contributed by atoms with Gasteiger partial charge in [-0.05, 0) is 17.7 Å². The molecule has 2 aromatic rings. The number of benzene rings is 1. The summed E-state index contributed by atoms with van der Waals surface area (Å²) >= 11 is 5.85. The van der Waals surface area contributed by atoms with E-state index in [2.05, 4.69) is 4.98 Å². The van der Waals surface area contributed by atoms with Gasteiger partial charge < -0.3 is 4.98 Å². The van der Waals surface area contributed by atoms with Crippen molar-refractivity contribution in [2.24, 2.45) is 0 Å². The van der Waals surface area contributed by atoms with Gasteiger partial charge in [0.1, 0.15) is 0 Å². The largest absolute Gasteiger partial charge is 0.361 e. The van der Waals surface area contributed by atoms with Crippen LogP contribution in [0.15, 0.2) is 24.4 Å². The molecule has 0 atom stereocenters. The second kappa shape index (κ2) is 4.11. The zero-order valence-corrected chi connectivity index (χ0v) is 10.4. The summed E-state index contributed by atoms with van der Waals surface area (Å²) in [5, 5.41) is 1.56. The van der Waals surface area contributed by atoms with E-state index >= 15 is 0 Å². The van der Waals surface area contributed by atoms with E-state index in [-0.39, 0.29) is 11.5 Å². The highest BCUT2D eigenvalue weighted by Gasteiger charge is 2.12. The van der Waals surface area contributed by atoms with Crippen molar-refractivity contribution in [3.05, 3.63) is 35.0 Å². The Morgan fingerprint density at radius 3 is 2.81 bits per heavy atom. The van der Waals surface area contributed by atoms with Crippen LogP contribution in [0.4, 0.5) is 0 Å². The van der Waals surface area contributed by atoms with Gasteiger partial charge in [0, 0.05) is 27.9 Å². The van der Waals surface area contributed by atoms with Crippen LogP contribution in [0, 0.1) is 0 Å². The fraction of sp³-hybridized carbons (Fsp3) is 0.273. The molecule has 0 aliphatic rings. The maximum absolute atomic E-state index is 11.5. The SMILES string of the molecule is CCS(=O)(=O)Cc1c[nH]c2cc(Cl)ccc12. The summed E-state index contributed by atoms with van der Waals surface area (Å²) in [6.45, 7) is 1.65. The highest BCUT2D eigenvalue weighted by Crippen LogP contribution is 2.23. The summed E-state index contributed by atoms with van der Waals surface area (Å²) in [5.41, 5.74) is 1.67.